The molecular formula is C14H16F3NO3S. The molecule has 0 spiro atoms. The Morgan fingerprint density at radius 3 is 2.36 bits per heavy atom. The zero-order chi connectivity index (χ0) is 16.4. The third-order valence-electron chi connectivity index (χ3n) is 3.65. The van der Waals surface area contributed by atoms with Crippen molar-refractivity contribution < 1.29 is 26.4 Å². The van der Waals surface area contributed by atoms with Crippen LogP contribution in [0.25, 0.3) is 0 Å². The molecule has 1 fully saturated rings. The van der Waals surface area contributed by atoms with E-state index >= 15 is 0 Å². The van der Waals surface area contributed by atoms with E-state index < -0.39 is 27.5 Å². The van der Waals surface area contributed by atoms with Gasteiger partial charge in [-0.05, 0) is 30.9 Å². The molecule has 1 amide bonds. The van der Waals surface area contributed by atoms with E-state index in [9.17, 15) is 26.4 Å². The number of anilines is 1. The second-order valence-corrected chi connectivity index (χ2v) is 7.69. The Morgan fingerprint density at radius 2 is 1.77 bits per heavy atom. The predicted octanol–water partition coefficient (Wildman–Crippen LogP) is 2.86. The van der Waals surface area contributed by atoms with Crippen molar-refractivity contribution in [1.29, 1.82) is 0 Å². The molecule has 0 bridgehead atoms. The van der Waals surface area contributed by atoms with Crippen molar-refractivity contribution in [1.82, 2.24) is 0 Å². The summed E-state index contributed by atoms with van der Waals surface area (Å²) in [5.74, 6) is -0.573. The van der Waals surface area contributed by atoms with Gasteiger partial charge in [0.2, 0.25) is 5.91 Å². The zero-order valence-electron chi connectivity index (χ0n) is 11.7. The average Bonchev–Trinajstić information content (AvgIpc) is 2.40. The van der Waals surface area contributed by atoms with E-state index in [2.05, 4.69) is 5.32 Å². The van der Waals surface area contributed by atoms with Gasteiger partial charge in [0.25, 0.3) is 0 Å². The molecule has 0 atom stereocenters. The van der Waals surface area contributed by atoms with Crippen LogP contribution in [0.4, 0.5) is 18.9 Å². The first-order chi connectivity index (χ1) is 10.2. The van der Waals surface area contributed by atoms with Crippen LogP contribution in [-0.4, -0.2) is 25.8 Å². The summed E-state index contributed by atoms with van der Waals surface area (Å²) >= 11 is 0. The first-order valence-electron chi connectivity index (χ1n) is 6.84. The molecule has 2 rings (SSSR count). The summed E-state index contributed by atoms with van der Waals surface area (Å²) in [6.45, 7) is 0. The van der Waals surface area contributed by atoms with E-state index in [-0.39, 0.29) is 29.5 Å². The molecule has 8 heteroatoms. The van der Waals surface area contributed by atoms with Gasteiger partial charge < -0.3 is 5.32 Å². The van der Waals surface area contributed by atoms with Crippen LogP contribution in [0.3, 0.4) is 0 Å². The third-order valence-corrected chi connectivity index (χ3v) is 5.37. The van der Waals surface area contributed by atoms with Gasteiger partial charge in [0.05, 0.1) is 22.8 Å². The maximum Gasteiger partial charge on any atom is 0.418 e. The van der Waals surface area contributed by atoms with Crippen LogP contribution in [0.1, 0.15) is 24.8 Å². The molecule has 0 aromatic heterocycles. The topological polar surface area (TPSA) is 63.2 Å². The van der Waals surface area contributed by atoms with Gasteiger partial charge in [-0.25, -0.2) is 8.42 Å². The molecule has 0 saturated carbocycles. The molecule has 1 aromatic carbocycles. The number of carbonyl (C=O) groups excluding carboxylic acids is 1. The van der Waals surface area contributed by atoms with Crippen molar-refractivity contribution in [2.75, 3.05) is 16.8 Å². The lowest BCUT2D eigenvalue weighted by Gasteiger charge is -2.21. The number of hydrogen-bond donors (Lipinski definition) is 1. The highest BCUT2D eigenvalue weighted by Crippen LogP contribution is 2.34. The molecule has 4 nitrogen and oxygen atoms in total. The highest BCUT2D eigenvalue weighted by molar-refractivity contribution is 7.91. The Morgan fingerprint density at radius 1 is 1.18 bits per heavy atom. The second-order valence-electron chi connectivity index (χ2n) is 5.39. The van der Waals surface area contributed by atoms with Crippen LogP contribution in [-0.2, 0) is 20.8 Å². The maximum atomic E-state index is 12.8. The molecule has 1 aromatic rings. The van der Waals surface area contributed by atoms with Gasteiger partial charge in [0.1, 0.15) is 9.84 Å². The number of alkyl halides is 3. The van der Waals surface area contributed by atoms with Crippen LogP contribution in [0, 0.1) is 5.92 Å². The van der Waals surface area contributed by atoms with Crippen LogP contribution in [0.2, 0.25) is 0 Å². The summed E-state index contributed by atoms with van der Waals surface area (Å²) in [4.78, 5) is 11.9. The maximum absolute atomic E-state index is 12.8. The van der Waals surface area contributed by atoms with Crippen LogP contribution in [0.5, 0.6) is 0 Å². The smallest absolute Gasteiger partial charge is 0.325 e. The second kappa shape index (κ2) is 6.28. The van der Waals surface area contributed by atoms with Gasteiger partial charge in [-0.2, -0.15) is 13.2 Å². The van der Waals surface area contributed by atoms with E-state index in [1.807, 2.05) is 0 Å². The fourth-order valence-corrected chi connectivity index (χ4v) is 4.03. The van der Waals surface area contributed by atoms with Gasteiger partial charge in [-0.3, -0.25) is 4.79 Å². The summed E-state index contributed by atoms with van der Waals surface area (Å²) in [5, 5.41) is 2.28. The van der Waals surface area contributed by atoms with E-state index in [0.717, 1.165) is 6.07 Å². The van der Waals surface area contributed by atoms with Gasteiger partial charge in [-0.1, -0.05) is 12.1 Å². The minimum Gasteiger partial charge on any atom is -0.325 e. The van der Waals surface area contributed by atoms with E-state index in [1.54, 1.807) is 0 Å². The minimum atomic E-state index is -4.54. The molecular weight excluding hydrogens is 319 g/mol. The van der Waals surface area contributed by atoms with Gasteiger partial charge >= 0.3 is 6.18 Å². The monoisotopic (exact) mass is 335 g/mol. The molecule has 1 saturated heterocycles. The highest BCUT2D eigenvalue weighted by atomic mass is 32.2. The number of amides is 1. The Kier molecular flexibility index (Phi) is 4.79. The predicted molar refractivity (Wildman–Crippen MR) is 76.1 cm³/mol. The van der Waals surface area contributed by atoms with Gasteiger partial charge in [0, 0.05) is 6.42 Å². The molecule has 0 aliphatic carbocycles. The normalized spacial score (nSPS) is 18.9. The van der Waals surface area contributed by atoms with E-state index in [0.29, 0.717) is 12.8 Å². The number of benzene rings is 1. The number of carbonyl (C=O) groups is 1. The molecule has 1 aliphatic rings. The number of para-hydroxylation sites is 1. The SMILES string of the molecule is O=C(CC1CCS(=O)(=O)CC1)Nc1ccccc1C(F)(F)F. The van der Waals surface area contributed by atoms with E-state index in [4.69, 9.17) is 0 Å². The zero-order valence-corrected chi connectivity index (χ0v) is 12.5. The summed E-state index contributed by atoms with van der Waals surface area (Å²) in [7, 11) is -3.02. The average molecular weight is 335 g/mol. The van der Waals surface area contributed by atoms with Crippen molar-refractivity contribution in [2.45, 2.75) is 25.4 Å². The third kappa shape index (κ3) is 4.46. The molecule has 1 N–H and O–H groups in total. The summed E-state index contributed by atoms with van der Waals surface area (Å²) in [6, 6.07) is 4.78. The summed E-state index contributed by atoms with van der Waals surface area (Å²) < 4.78 is 61.1. The largest absolute Gasteiger partial charge is 0.418 e. The molecule has 1 aliphatic heterocycles. The number of rotatable bonds is 3. The molecule has 22 heavy (non-hydrogen) atoms. The van der Waals surface area contributed by atoms with Crippen molar-refractivity contribution >= 4 is 21.4 Å². The lowest BCUT2D eigenvalue weighted by Crippen LogP contribution is -2.27. The highest BCUT2D eigenvalue weighted by Gasteiger charge is 2.34. The standard InChI is InChI=1S/C14H16F3NO3S/c15-14(16,17)11-3-1-2-4-12(11)18-13(19)9-10-5-7-22(20,21)8-6-10/h1-4,10H,5-9H2,(H,18,19). The number of halogens is 3. The number of hydrogen-bond acceptors (Lipinski definition) is 3. The van der Waals surface area contributed by atoms with Crippen LogP contribution < -0.4 is 5.32 Å². The Balaban J connectivity index is 1.99. The lowest BCUT2D eigenvalue weighted by atomic mass is 9.98. The molecule has 0 radical (unpaired) electrons. The Hall–Kier alpha value is -1.57. The van der Waals surface area contributed by atoms with Crippen LogP contribution >= 0.6 is 0 Å². The van der Waals surface area contributed by atoms with Crippen molar-refractivity contribution in [3.05, 3.63) is 29.8 Å². The lowest BCUT2D eigenvalue weighted by molar-refractivity contribution is -0.137. The number of nitrogens with one attached hydrogen (secondary N) is 1. The Bertz CT molecular complexity index is 642. The van der Waals surface area contributed by atoms with Crippen molar-refractivity contribution in [2.24, 2.45) is 5.92 Å². The number of sulfone groups is 1. The van der Waals surface area contributed by atoms with Crippen molar-refractivity contribution in [3.8, 4) is 0 Å². The van der Waals surface area contributed by atoms with Crippen molar-refractivity contribution in [3.63, 3.8) is 0 Å². The Labute approximate surface area is 126 Å². The first-order valence-corrected chi connectivity index (χ1v) is 8.66. The van der Waals surface area contributed by atoms with E-state index in [1.165, 1.54) is 18.2 Å². The molecule has 0 unspecified atom stereocenters. The first kappa shape index (κ1) is 16.8. The quantitative estimate of drug-likeness (QED) is 0.924. The van der Waals surface area contributed by atoms with Crippen LogP contribution in [0.15, 0.2) is 24.3 Å². The molecule has 122 valence electrons. The molecule has 1 heterocycles. The minimum absolute atomic E-state index is 0.0295. The summed E-state index contributed by atoms with van der Waals surface area (Å²) in [6.07, 6.45) is -3.77. The fourth-order valence-electron chi connectivity index (χ4n) is 2.45. The fraction of sp³-hybridized carbons (Fsp3) is 0.500. The van der Waals surface area contributed by atoms with Gasteiger partial charge in [0.15, 0.2) is 0 Å². The summed E-state index contributed by atoms with van der Waals surface area (Å²) in [5.41, 5.74) is -1.17. The van der Waals surface area contributed by atoms with Gasteiger partial charge in [-0.15, -0.1) is 0 Å².